The van der Waals surface area contributed by atoms with Crippen molar-refractivity contribution in [2.45, 2.75) is 36.5 Å². The summed E-state index contributed by atoms with van der Waals surface area (Å²) in [6.07, 6.45) is 5.88. The van der Waals surface area contributed by atoms with E-state index in [1.807, 2.05) is 6.08 Å². The van der Waals surface area contributed by atoms with Gasteiger partial charge in [-0.25, -0.2) is 0 Å². The molecule has 0 N–H and O–H groups in total. The van der Waals surface area contributed by atoms with Crippen LogP contribution < -0.4 is 0 Å². The van der Waals surface area contributed by atoms with Gasteiger partial charge in [0.1, 0.15) is 0 Å². The Bertz CT molecular complexity index is 84.6. The van der Waals surface area contributed by atoms with Crippen LogP contribution in [-0.2, 0) is 0 Å². The molecule has 0 amide bonds. The summed E-state index contributed by atoms with van der Waals surface area (Å²) in [5, 5.41) is 0. The average molecular weight is 238 g/mol. The average Bonchev–Trinajstić information content (AvgIpc) is 1.84. The number of alkyl halides is 1. The van der Waals surface area contributed by atoms with Gasteiger partial charge in [0.05, 0.1) is 0 Å². The van der Waals surface area contributed by atoms with Crippen LogP contribution in [0, 0.1) is 0 Å². The minimum atomic E-state index is 0.327. The third kappa shape index (κ3) is 4.94. The number of hydrogen-bond acceptors (Lipinski definition) is 0. The van der Waals surface area contributed by atoms with Crippen LogP contribution in [-0.4, -0.2) is 3.42 Å². The summed E-state index contributed by atoms with van der Waals surface area (Å²) in [6.45, 7) is 8.21. The molecule has 0 saturated heterocycles. The lowest BCUT2D eigenvalue weighted by atomic mass is 10.1. The Morgan fingerprint density at radius 2 is 2.22 bits per heavy atom. The Labute approximate surface area is 71.9 Å². The van der Waals surface area contributed by atoms with Crippen molar-refractivity contribution in [2.24, 2.45) is 0 Å². The normalized spacial score (nSPS) is 16.8. The lowest BCUT2D eigenvalue weighted by Gasteiger charge is -2.15. The molecule has 0 aliphatic carbocycles. The van der Waals surface area contributed by atoms with E-state index < -0.39 is 0 Å². The molecule has 0 radical (unpaired) electrons. The first-order valence-electron chi connectivity index (χ1n) is 3.45. The Kier molecular flexibility index (Phi) is 4.54. The van der Waals surface area contributed by atoms with E-state index in [1.54, 1.807) is 0 Å². The molecule has 9 heavy (non-hydrogen) atoms. The molecule has 0 aliphatic rings. The van der Waals surface area contributed by atoms with Crippen molar-refractivity contribution in [1.82, 2.24) is 0 Å². The summed E-state index contributed by atoms with van der Waals surface area (Å²) in [5.41, 5.74) is 0. The summed E-state index contributed by atoms with van der Waals surface area (Å²) in [7, 11) is 0. The molecule has 0 nitrogen and oxygen atoms in total. The second kappa shape index (κ2) is 4.31. The third-order valence-corrected chi connectivity index (χ3v) is 2.42. The largest absolute Gasteiger partial charge is 0.102 e. The molecule has 0 aromatic carbocycles. The highest BCUT2D eigenvalue weighted by Crippen LogP contribution is 2.25. The second-order valence-electron chi connectivity index (χ2n) is 2.59. The van der Waals surface area contributed by atoms with Crippen LogP contribution in [0.5, 0.6) is 0 Å². The molecule has 0 aromatic rings. The first-order valence-corrected chi connectivity index (χ1v) is 4.53. The fourth-order valence-corrected chi connectivity index (χ4v) is 1.01. The highest BCUT2D eigenvalue weighted by Gasteiger charge is 2.12. The number of allylic oxidation sites excluding steroid dienone is 1. The molecule has 1 unspecified atom stereocenters. The third-order valence-electron chi connectivity index (χ3n) is 1.44. The van der Waals surface area contributed by atoms with Crippen LogP contribution in [0.1, 0.15) is 33.1 Å². The summed E-state index contributed by atoms with van der Waals surface area (Å²) in [6, 6.07) is 0. The van der Waals surface area contributed by atoms with E-state index in [2.05, 4.69) is 43.0 Å². The van der Waals surface area contributed by atoms with Gasteiger partial charge in [0.25, 0.3) is 0 Å². The first kappa shape index (κ1) is 9.47. The van der Waals surface area contributed by atoms with Gasteiger partial charge in [-0.2, -0.15) is 0 Å². The number of hydrogen-bond donors (Lipinski definition) is 0. The smallest absolute Gasteiger partial charge is 0.0370 e. The van der Waals surface area contributed by atoms with Gasteiger partial charge in [0.2, 0.25) is 0 Å². The predicted octanol–water partition coefficient (Wildman–Crippen LogP) is 3.56. The second-order valence-corrected chi connectivity index (χ2v) is 5.05. The molecule has 1 heteroatoms. The number of unbranched alkanes of at least 4 members (excludes halogenated alkanes) is 1. The SMILES string of the molecule is C=CC(C)(I)CCCC. The summed E-state index contributed by atoms with van der Waals surface area (Å²) >= 11 is 2.44. The maximum absolute atomic E-state index is 3.78. The topological polar surface area (TPSA) is 0 Å². The Hall–Kier alpha value is 0.470. The standard InChI is InChI=1S/C8H15I/c1-4-6-7-8(3,9)5-2/h5H,2,4,6-7H2,1,3H3. The van der Waals surface area contributed by atoms with Crippen LogP contribution in [0.25, 0.3) is 0 Å². The van der Waals surface area contributed by atoms with Gasteiger partial charge in [0, 0.05) is 3.42 Å². The molecule has 0 bridgehead atoms. The van der Waals surface area contributed by atoms with Crippen LogP contribution in [0.4, 0.5) is 0 Å². The first-order chi connectivity index (χ1) is 4.12. The molecule has 0 saturated carbocycles. The molecule has 0 aromatic heterocycles. The molecular formula is C8H15I. The van der Waals surface area contributed by atoms with Gasteiger partial charge in [0.15, 0.2) is 0 Å². The molecule has 0 fully saturated rings. The van der Waals surface area contributed by atoms with E-state index in [4.69, 9.17) is 0 Å². The monoisotopic (exact) mass is 238 g/mol. The zero-order chi connectivity index (χ0) is 7.33. The van der Waals surface area contributed by atoms with Crippen LogP contribution >= 0.6 is 22.6 Å². The van der Waals surface area contributed by atoms with Crippen LogP contribution in [0.2, 0.25) is 0 Å². The molecule has 1 atom stereocenters. The minimum absolute atomic E-state index is 0.327. The maximum atomic E-state index is 3.78. The molecule has 0 rings (SSSR count). The quantitative estimate of drug-likeness (QED) is 0.399. The van der Waals surface area contributed by atoms with E-state index >= 15 is 0 Å². The van der Waals surface area contributed by atoms with Crippen molar-refractivity contribution >= 4 is 22.6 Å². The van der Waals surface area contributed by atoms with Gasteiger partial charge in [-0.1, -0.05) is 48.4 Å². The zero-order valence-electron chi connectivity index (χ0n) is 6.28. The summed E-state index contributed by atoms with van der Waals surface area (Å²) in [5.74, 6) is 0. The lowest BCUT2D eigenvalue weighted by Crippen LogP contribution is -2.09. The molecular weight excluding hydrogens is 223 g/mol. The fourth-order valence-electron chi connectivity index (χ4n) is 0.624. The Morgan fingerprint density at radius 3 is 2.56 bits per heavy atom. The zero-order valence-corrected chi connectivity index (χ0v) is 8.44. The number of rotatable bonds is 4. The van der Waals surface area contributed by atoms with E-state index in [0.29, 0.717) is 3.42 Å². The highest BCUT2D eigenvalue weighted by atomic mass is 127. The van der Waals surface area contributed by atoms with E-state index in [-0.39, 0.29) is 0 Å². The van der Waals surface area contributed by atoms with Crippen molar-refractivity contribution < 1.29 is 0 Å². The van der Waals surface area contributed by atoms with Crippen molar-refractivity contribution in [3.8, 4) is 0 Å². The highest BCUT2D eigenvalue weighted by molar-refractivity contribution is 14.1. The van der Waals surface area contributed by atoms with Crippen LogP contribution in [0.3, 0.4) is 0 Å². The summed E-state index contributed by atoms with van der Waals surface area (Å²) < 4.78 is 0.327. The number of halogens is 1. The van der Waals surface area contributed by atoms with Gasteiger partial charge in [-0.05, 0) is 13.3 Å². The van der Waals surface area contributed by atoms with Gasteiger partial charge >= 0.3 is 0 Å². The molecule has 0 spiro atoms. The predicted molar refractivity (Wildman–Crippen MR) is 52.1 cm³/mol. The molecule has 54 valence electrons. The van der Waals surface area contributed by atoms with Gasteiger partial charge < -0.3 is 0 Å². The van der Waals surface area contributed by atoms with E-state index in [1.165, 1.54) is 19.3 Å². The Balaban J connectivity index is 3.45. The Morgan fingerprint density at radius 1 is 1.67 bits per heavy atom. The van der Waals surface area contributed by atoms with Crippen LogP contribution in [0.15, 0.2) is 12.7 Å². The maximum Gasteiger partial charge on any atom is 0.0370 e. The minimum Gasteiger partial charge on any atom is -0.102 e. The van der Waals surface area contributed by atoms with Gasteiger partial charge in [-0.15, -0.1) is 6.58 Å². The van der Waals surface area contributed by atoms with Gasteiger partial charge in [-0.3, -0.25) is 0 Å². The summed E-state index contributed by atoms with van der Waals surface area (Å²) in [4.78, 5) is 0. The van der Waals surface area contributed by atoms with E-state index in [9.17, 15) is 0 Å². The molecule has 0 aliphatic heterocycles. The van der Waals surface area contributed by atoms with Crippen molar-refractivity contribution in [1.29, 1.82) is 0 Å². The molecule has 0 heterocycles. The van der Waals surface area contributed by atoms with Crippen molar-refractivity contribution in [3.63, 3.8) is 0 Å². The lowest BCUT2D eigenvalue weighted by molar-refractivity contribution is 0.657. The van der Waals surface area contributed by atoms with E-state index in [0.717, 1.165) is 0 Å². The fraction of sp³-hybridized carbons (Fsp3) is 0.750. The van der Waals surface area contributed by atoms with Crippen molar-refractivity contribution in [3.05, 3.63) is 12.7 Å². The van der Waals surface area contributed by atoms with Crippen molar-refractivity contribution in [2.75, 3.05) is 0 Å².